The second-order valence-corrected chi connectivity index (χ2v) is 6.82. The molecule has 1 atom stereocenters. The van der Waals surface area contributed by atoms with Crippen molar-refractivity contribution < 1.29 is 23.0 Å². The number of fused-ring (bicyclic) bond motifs is 1. The molecule has 1 aliphatic rings. The third kappa shape index (κ3) is 4.25. The number of alkyl halides is 2. The summed E-state index contributed by atoms with van der Waals surface area (Å²) in [7, 11) is 3.26. The van der Waals surface area contributed by atoms with Crippen LogP contribution in [0.1, 0.15) is 18.1 Å². The number of carbonyl (C=O) groups is 1. The highest BCUT2D eigenvalue weighted by molar-refractivity contribution is 5.98. The number of benzene rings is 2. The number of halogens is 2. The second kappa shape index (κ2) is 8.56. The standard InChI is InChI=1S/C21H24F2N2O3/c1-14(20(26)25-11-10-16-6-4-5-7-17(16)25)24(2)13-15-8-9-18(28-21(22)23)19(12-15)27-3/h4-9,12,14,21H,10-11,13H2,1-3H3/t14-/m0/s1. The zero-order chi connectivity index (χ0) is 20.3. The molecule has 150 valence electrons. The fourth-order valence-electron chi connectivity index (χ4n) is 3.41. The van der Waals surface area contributed by atoms with E-state index < -0.39 is 6.61 Å². The molecule has 0 saturated carbocycles. The number of methoxy groups -OCH3 is 1. The summed E-state index contributed by atoms with van der Waals surface area (Å²) in [6.07, 6.45) is 0.862. The fraction of sp³-hybridized carbons (Fsp3) is 0.381. The molecule has 0 aromatic heterocycles. The average molecular weight is 390 g/mol. The molecule has 0 unspecified atom stereocenters. The van der Waals surface area contributed by atoms with Gasteiger partial charge in [0.2, 0.25) is 5.91 Å². The molecule has 7 heteroatoms. The number of anilines is 1. The maximum absolute atomic E-state index is 13.0. The van der Waals surface area contributed by atoms with Crippen molar-refractivity contribution in [3.05, 3.63) is 53.6 Å². The Morgan fingerprint density at radius 2 is 1.96 bits per heavy atom. The average Bonchev–Trinajstić information content (AvgIpc) is 3.11. The minimum Gasteiger partial charge on any atom is -0.493 e. The van der Waals surface area contributed by atoms with Crippen LogP contribution in [0.4, 0.5) is 14.5 Å². The van der Waals surface area contributed by atoms with Crippen molar-refractivity contribution in [2.45, 2.75) is 32.5 Å². The number of carbonyl (C=O) groups excluding carboxylic acids is 1. The quantitative estimate of drug-likeness (QED) is 0.723. The molecule has 3 rings (SSSR count). The molecule has 0 fully saturated rings. The second-order valence-electron chi connectivity index (χ2n) is 6.82. The third-order valence-electron chi connectivity index (χ3n) is 5.05. The number of hydrogen-bond acceptors (Lipinski definition) is 4. The van der Waals surface area contributed by atoms with Crippen LogP contribution in [-0.2, 0) is 17.8 Å². The molecule has 28 heavy (non-hydrogen) atoms. The van der Waals surface area contributed by atoms with Crippen molar-refractivity contribution >= 4 is 11.6 Å². The summed E-state index contributed by atoms with van der Waals surface area (Å²) in [6, 6.07) is 12.4. The van der Waals surface area contributed by atoms with Crippen LogP contribution in [0, 0.1) is 0 Å². The molecule has 1 heterocycles. The highest BCUT2D eigenvalue weighted by atomic mass is 19.3. The zero-order valence-electron chi connectivity index (χ0n) is 16.2. The van der Waals surface area contributed by atoms with Crippen LogP contribution in [-0.4, -0.2) is 44.2 Å². The molecule has 2 aromatic carbocycles. The van der Waals surface area contributed by atoms with Crippen LogP contribution in [0.25, 0.3) is 0 Å². The number of likely N-dealkylation sites (N-methyl/N-ethyl adjacent to an activating group) is 1. The zero-order valence-corrected chi connectivity index (χ0v) is 16.2. The smallest absolute Gasteiger partial charge is 0.387 e. The van der Waals surface area contributed by atoms with Gasteiger partial charge in [-0.2, -0.15) is 8.78 Å². The number of rotatable bonds is 7. The molecule has 1 amide bonds. The van der Waals surface area contributed by atoms with Crippen LogP contribution in [0.3, 0.4) is 0 Å². The van der Waals surface area contributed by atoms with E-state index in [-0.39, 0.29) is 23.4 Å². The van der Waals surface area contributed by atoms with Gasteiger partial charge >= 0.3 is 6.61 Å². The minimum atomic E-state index is -2.91. The lowest BCUT2D eigenvalue weighted by Crippen LogP contribution is -2.45. The molecule has 2 aromatic rings. The summed E-state index contributed by atoms with van der Waals surface area (Å²) in [6.45, 7) is 0.107. The molecule has 0 radical (unpaired) electrons. The van der Waals surface area contributed by atoms with Crippen molar-refractivity contribution in [1.82, 2.24) is 4.90 Å². The Labute approximate surface area is 163 Å². The first kappa shape index (κ1) is 20.1. The van der Waals surface area contributed by atoms with E-state index in [0.717, 1.165) is 17.7 Å². The number of nitrogens with zero attached hydrogens (tertiary/aromatic N) is 2. The summed E-state index contributed by atoms with van der Waals surface area (Å²) in [5.41, 5.74) is 3.00. The highest BCUT2D eigenvalue weighted by Crippen LogP contribution is 2.31. The lowest BCUT2D eigenvalue weighted by molar-refractivity contribution is -0.122. The van der Waals surface area contributed by atoms with E-state index in [4.69, 9.17) is 4.74 Å². The summed E-state index contributed by atoms with van der Waals surface area (Å²) < 4.78 is 34.5. The normalized spacial score (nSPS) is 14.3. The predicted octanol–water partition coefficient (Wildman–Crippen LogP) is 3.71. The van der Waals surface area contributed by atoms with Gasteiger partial charge in [0.25, 0.3) is 0 Å². The molecular formula is C21H24F2N2O3. The van der Waals surface area contributed by atoms with Gasteiger partial charge in [-0.1, -0.05) is 24.3 Å². The first-order valence-corrected chi connectivity index (χ1v) is 9.12. The van der Waals surface area contributed by atoms with Gasteiger partial charge in [0.05, 0.1) is 13.2 Å². The van der Waals surface area contributed by atoms with Crippen LogP contribution in [0.2, 0.25) is 0 Å². The topological polar surface area (TPSA) is 42.0 Å². The third-order valence-corrected chi connectivity index (χ3v) is 5.05. The number of amides is 1. The van der Waals surface area contributed by atoms with E-state index in [1.165, 1.54) is 18.7 Å². The SMILES string of the molecule is COc1cc(CN(C)[C@@H](C)C(=O)N2CCc3ccccc32)ccc1OC(F)F. The number of hydrogen-bond donors (Lipinski definition) is 0. The Hall–Kier alpha value is -2.67. The van der Waals surface area contributed by atoms with Crippen LogP contribution in [0.5, 0.6) is 11.5 Å². The maximum Gasteiger partial charge on any atom is 0.387 e. The van der Waals surface area contributed by atoms with Gasteiger partial charge in [-0.15, -0.1) is 0 Å². The van der Waals surface area contributed by atoms with Gasteiger partial charge in [-0.25, -0.2) is 0 Å². The minimum absolute atomic E-state index is 0.0123. The Morgan fingerprint density at radius 3 is 2.68 bits per heavy atom. The number of ether oxygens (including phenoxy) is 2. The Kier molecular flexibility index (Phi) is 6.14. The van der Waals surface area contributed by atoms with E-state index in [1.807, 2.05) is 48.0 Å². The Balaban J connectivity index is 1.69. The molecular weight excluding hydrogens is 366 g/mol. The summed E-state index contributed by atoms with van der Waals surface area (Å²) in [4.78, 5) is 16.7. The van der Waals surface area contributed by atoms with E-state index in [9.17, 15) is 13.6 Å². The molecule has 0 N–H and O–H groups in total. The molecule has 1 aliphatic heterocycles. The molecule has 0 saturated heterocycles. The van der Waals surface area contributed by atoms with Crippen LogP contribution >= 0.6 is 0 Å². The van der Waals surface area contributed by atoms with Gasteiger partial charge in [0, 0.05) is 18.8 Å². The van der Waals surface area contributed by atoms with Crippen LogP contribution < -0.4 is 14.4 Å². The highest BCUT2D eigenvalue weighted by Gasteiger charge is 2.29. The van der Waals surface area contributed by atoms with Crippen molar-refractivity contribution in [3.8, 4) is 11.5 Å². The monoisotopic (exact) mass is 390 g/mol. The van der Waals surface area contributed by atoms with Crippen molar-refractivity contribution in [1.29, 1.82) is 0 Å². The van der Waals surface area contributed by atoms with Crippen LogP contribution in [0.15, 0.2) is 42.5 Å². The van der Waals surface area contributed by atoms with Crippen molar-refractivity contribution in [3.63, 3.8) is 0 Å². The van der Waals surface area contributed by atoms with E-state index in [2.05, 4.69) is 4.74 Å². The van der Waals surface area contributed by atoms with E-state index in [0.29, 0.717) is 13.1 Å². The molecule has 0 spiro atoms. The van der Waals surface area contributed by atoms with Crippen molar-refractivity contribution in [2.75, 3.05) is 25.6 Å². The molecule has 0 bridgehead atoms. The lowest BCUT2D eigenvalue weighted by atomic mass is 10.1. The fourth-order valence-corrected chi connectivity index (χ4v) is 3.41. The first-order valence-electron chi connectivity index (χ1n) is 9.12. The summed E-state index contributed by atoms with van der Waals surface area (Å²) >= 11 is 0. The summed E-state index contributed by atoms with van der Waals surface area (Å²) in [5, 5.41) is 0. The van der Waals surface area contributed by atoms with Gasteiger partial charge < -0.3 is 14.4 Å². The summed E-state index contributed by atoms with van der Waals surface area (Å²) in [5.74, 6) is 0.262. The largest absolute Gasteiger partial charge is 0.493 e. The molecule has 5 nitrogen and oxygen atoms in total. The molecule has 0 aliphatic carbocycles. The van der Waals surface area contributed by atoms with Gasteiger partial charge in [0.1, 0.15) is 0 Å². The number of para-hydroxylation sites is 1. The van der Waals surface area contributed by atoms with Gasteiger partial charge in [0.15, 0.2) is 11.5 Å². The Morgan fingerprint density at radius 1 is 1.21 bits per heavy atom. The van der Waals surface area contributed by atoms with E-state index in [1.54, 1.807) is 12.1 Å². The van der Waals surface area contributed by atoms with Gasteiger partial charge in [-0.05, 0) is 49.7 Å². The maximum atomic E-state index is 13.0. The Bertz CT molecular complexity index is 844. The first-order chi connectivity index (χ1) is 13.4. The van der Waals surface area contributed by atoms with Gasteiger partial charge in [-0.3, -0.25) is 9.69 Å². The predicted molar refractivity (Wildman–Crippen MR) is 103 cm³/mol. The van der Waals surface area contributed by atoms with E-state index >= 15 is 0 Å². The van der Waals surface area contributed by atoms with Crippen molar-refractivity contribution in [2.24, 2.45) is 0 Å². The lowest BCUT2D eigenvalue weighted by Gasteiger charge is -2.28.